The lowest BCUT2D eigenvalue weighted by Crippen LogP contribution is -2.32. The summed E-state index contributed by atoms with van der Waals surface area (Å²) in [5, 5.41) is 9.22. The van der Waals surface area contributed by atoms with Crippen molar-refractivity contribution in [2.24, 2.45) is 0 Å². The van der Waals surface area contributed by atoms with Crippen molar-refractivity contribution in [3.05, 3.63) is 82.6 Å². The average molecular weight is 834 g/mol. The van der Waals surface area contributed by atoms with Gasteiger partial charge in [0.1, 0.15) is 6.54 Å². The van der Waals surface area contributed by atoms with Crippen LogP contribution in [-0.2, 0) is 62.9 Å². The van der Waals surface area contributed by atoms with Crippen LogP contribution >= 0.6 is 0 Å². The van der Waals surface area contributed by atoms with Crippen LogP contribution < -0.4 is 4.90 Å². The Morgan fingerprint density at radius 1 is 0.772 bits per heavy atom. The molecule has 2 atom stereocenters. The number of unbranched alkanes of at least 4 members (excludes halogenated alkanes) is 2. The van der Waals surface area contributed by atoms with E-state index in [0.717, 1.165) is 51.5 Å². The molecule has 0 amide bonds. The van der Waals surface area contributed by atoms with Gasteiger partial charge < -0.3 is 24.2 Å². The molecule has 0 saturated carbocycles. The number of benzene rings is 2. The quantitative estimate of drug-likeness (QED) is 0.0581. The molecule has 0 aliphatic carbocycles. The Morgan fingerprint density at radius 3 is 1.93 bits per heavy atom. The number of hydrogen-bond donors (Lipinski definition) is 3. The minimum Gasteiger partial charge on any atom is -0.481 e. The van der Waals surface area contributed by atoms with E-state index in [1.54, 1.807) is 21.3 Å². The van der Waals surface area contributed by atoms with Crippen molar-refractivity contribution in [3.63, 3.8) is 0 Å². The van der Waals surface area contributed by atoms with E-state index in [1.807, 2.05) is 6.08 Å². The van der Waals surface area contributed by atoms with Gasteiger partial charge in [-0.1, -0.05) is 24.3 Å². The molecule has 2 heterocycles. The Kier molecular flexibility index (Phi) is 16.6. The smallest absolute Gasteiger partial charge is 0.303 e. The Hall–Kier alpha value is -3.44. The number of carbonyl (C=O) groups is 1. The van der Waals surface area contributed by atoms with E-state index in [-0.39, 0.29) is 30.8 Å². The van der Waals surface area contributed by atoms with Gasteiger partial charge in [0, 0.05) is 75.2 Å². The van der Waals surface area contributed by atoms with Gasteiger partial charge in [-0.15, -0.1) is 0 Å². The van der Waals surface area contributed by atoms with E-state index in [2.05, 4.69) is 71.9 Å². The van der Waals surface area contributed by atoms with Crippen LogP contribution in [0, 0.1) is 0 Å². The highest BCUT2D eigenvalue weighted by atomic mass is 32.2. The number of fused-ring (bicyclic) bond motifs is 2. The van der Waals surface area contributed by atoms with Gasteiger partial charge in [-0.2, -0.15) is 21.4 Å². The fourth-order valence-corrected chi connectivity index (χ4v) is 9.33. The number of methoxy groups -OCH3 is 3. The van der Waals surface area contributed by atoms with Crippen LogP contribution in [-0.4, -0.2) is 113 Å². The normalized spacial score (nSPS) is 20.3. The number of rotatable bonds is 25. The van der Waals surface area contributed by atoms with Crippen LogP contribution in [0.3, 0.4) is 0 Å². The Labute approximate surface area is 338 Å². The molecule has 57 heavy (non-hydrogen) atoms. The van der Waals surface area contributed by atoms with E-state index >= 15 is 0 Å². The lowest BCUT2D eigenvalue weighted by Gasteiger charge is -2.30. The van der Waals surface area contributed by atoms with Gasteiger partial charge in [0.15, 0.2) is 5.71 Å². The largest absolute Gasteiger partial charge is 0.481 e. The van der Waals surface area contributed by atoms with Crippen LogP contribution in [0.15, 0.2) is 60.3 Å². The second-order valence-electron chi connectivity index (χ2n) is 15.4. The lowest BCUT2D eigenvalue weighted by molar-refractivity contribution is -0.438. The van der Waals surface area contributed by atoms with Crippen molar-refractivity contribution in [1.82, 2.24) is 0 Å². The van der Waals surface area contributed by atoms with Gasteiger partial charge in [0.25, 0.3) is 20.2 Å². The van der Waals surface area contributed by atoms with Crippen LogP contribution in [0.4, 0.5) is 11.4 Å². The standard InChI is InChI=1S/C42H60N2O11S2/c1-41(21-10-28-56(47,48)49)34-30-32(19-25-53-3)15-17-36(34)43(23-8-6-7-14-40(45)46)38(41)12-9-13-39-42(2,22-11-29-57(50,51)52)35-31-33(20-26-54-4)16-18-37(35)44(39)24-27-55-5/h9,12-13,15-18,30-31H,6-8,10-11,14,19-29H2,1-5H3,(H2-,45,46,47,48,49,50,51,52)/p+1. The lowest BCUT2D eigenvalue weighted by atomic mass is 9.75. The van der Waals surface area contributed by atoms with Gasteiger partial charge in [-0.05, 0) is 100 Å². The van der Waals surface area contributed by atoms with Gasteiger partial charge in [0.2, 0.25) is 5.69 Å². The highest BCUT2D eigenvalue weighted by molar-refractivity contribution is 7.86. The number of allylic oxidation sites excluding steroid dienone is 4. The molecule has 2 unspecified atom stereocenters. The van der Waals surface area contributed by atoms with Gasteiger partial charge >= 0.3 is 5.97 Å². The summed E-state index contributed by atoms with van der Waals surface area (Å²) in [4.78, 5) is 13.4. The monoisotopic (exact) mass is 833 g/mol. The number of carboxylic acids is 1. The van der Waals surface area contributed by atoms with Crippen molar-refractivity contribution >= 4 is 43.3 Å². The van der Waals surface area contributed by atoms with E-state index in [9.17, 15) is 35.8 Å². The van der Waals surface area contributed by atoms with E-state index in [1.165, 1.54) is 0 Å². The third-order valence-corrected chi connectivity index (χ3v) is 12.9. The van der Waals surface area contributed by atoms with Crippen molar-refractivity contribution in [2.75, 3.05) is 70.6 Å². The molecule has 3 N–H and O–H groups in total. The molecule has 13 nitrogen and oxygen atoms in total. The first-order valence-electron chi connectivity index (χ1n) is 19.6. The molecule has 0 radical (unpaired) electrons. The van der Waals surface area contributed by atoms with E-state index in [4.69, 9.17) is 14.2 Å². The van der Waals surface area contributed by atoms with E-state index < -0.39 is 37.0 Å². The first-order chi connectivity index (χ1) is 27.0. The molecular weight excluding hydrogens is 773 g/mol. The zero-order valence-electron chi connectivity index (χ0n) is 34.0. The maximum absolute atomic E-state index is 11.9. The van der Waals surface area contributed by atoms with Crippen LogP contribution in [0.2, 0.25) is 0 Å². The molecule has 0 bridgehead atoms. The zero-order chi connectivity index (χ0) is 41.9. The van der Waals surface area contributed by atoms with E-state index in [0.29, 0.717) is 71.4 Å². The number of hydrogen-bond acceptors (Lipinski definition) is 9. The zero-order valence-corrected chi connectivity index (χ0v) is 35.7. The number of ether oxygens (including phenoxy) is 3. The summed E-state index contributed by atoms with van der Waals surface area (Å²) < 4.78 is 85.4. The second kappa shape index (κ2) is 20.5. The Bertz CT molecular complexity index is 2030. The minimum atomic E-state index is -4.20. The number of carboxylic acid groups (broad SMARTS) is 1. The van der Waals surface area contributed by atoms with Crippen molar-refractivity contribution < 1.29 is 54.6 Å². The summed E-state index contributed by atoms with van der Waals surface area (Å²) in [5.41, 5.74) is 6.83. The number of anilines is 1. The summed E-state index contributed by atoms with van der Waals surface area (Å²) in [7, 11) is -3.41. The summed E-state index contributed by atoms with van der Waals surface area (Å²) in [6, 6.07) is 12.6. The number of aliphatic carboxylic acids is 1. The van der Waals surface area contributed by atoms with Crippen molar-refractivity contribution in [2.45, 2.75) is 88.9 Å². The predicted molar refractivity (Wildman–Crippen MR) is 222 cm³/mol. The maximum atomic E-state index is 11.9. The SMILES string of the molecule is COCCc1ccc2c(c1)C(C)(CCCS(=O)(=O)O)C(/C=C/C=C1/N(CCOC)c3ccc(CCOC)cc3C1(C)CCCS(=O)(=O)O)=[N+]2CCCCCC(=O)O. The number of nitrogens with zero attached hydrogens (tertiary/aromatic N) is 2. The van der Waals surface area contributed by atoms with Gasteiger partial charge in [-0.25, -0.2) is 0 Å². The molecular formula is C42H61N2O11S2+. The third-order valence-electron chi connectivity index (χ3n) is 11.3. The highest BCUT2D eigenvalue weighted by Gasteiger charge is 2.48. The highest BCUT2D eigenvalue weighted by Crippen LogP contribution is 2.51. The molecule has 0 aromatic heterocycles. The summed E-state index contributed by atoms with van der Waals surface area (Å²) in [6.07, 6.45) is 10.9. The first kappa shape index (κ1) is 46.3. The predicted octanol–water partition coefficient (Wildman–Crippen LogP) is 6.27. The Balaban J connectivity index is 1.87. The molecule has 0 spiro atoms. The topological polar surface area (TPSA) is 180 Å². The molecule has 2 aliphatic rings. The molecule has 2 aliphatic heterocycles. The average Bonchev–Trinajstić information content (AvgIpc) is 3.50. The van der Waals surface area contributed by atoms with Gasteiger partial charge in [-0.3, -0.25) is 13.9 Å². The fraction of sp³-hybridized carbons (Fsp3) is 0.571. The summed E-state index contributed by atoms with van der Waals surface area (Å²) in [5.74, 6) is -1.57. The molecule has 0 saturated heterocycles. The molecule has 15 heteroatoms. The van der Waals surface area contributed by atoms with Crippen molar-refractivity contribution in [3.8, 4) is 0 Å². The molecule has 2 aromatic rings. The second-order valence-corrected chi connectivity index (χ2v) is 18.6. The first-order valence-corrected chi connectivity index (χ1v) is 22.9. The van der Waals surface area contributed by atoms with Crippen LogP contribution in [0.1, 0.15) is 87.5 Å². The van der Waals surface area contributed by atoms with Gasteiger partial charge in [0.05, 0.1) is 36.7 Å². The fourth-order valence-electron chi connectivity index (χ4n) is 8.31. The Morgan fingerprint density at radius 2 is 1.35 bits per heavy atom. The molecule has 2 aromatic carbocycles. The van der Waals surface area contributed by atoms with Crippen LogP contribution in [0.5, 0.6) is 0 Å². The summed E-state index contributed by atoms with van der Waals surface area (Å²) in [6.45, 7) is 6.87. The van der Waals surface area contributed by atoms with Crippen molar-refractivity contribution in [1.29, 1.82) is 0 Å². The minimum absolute atomic E-state index is 0.0929. The molecule has 0 fully saturated rings. The summed E-state index contributed by atoms with van der Waals surface area (Å²) >= 11 is 0. The molecule has 316 valence electrons. The maximum Gasteiger partial charge on any atom is 0.303 e. The third kappa shape index (κ3) is 12.3. The van der Waals surface area contributed by atoms with Crippen LogP contribution in [0.25, 0.3) is 0 Å². The molecule has 4 rings (SSSR count).